The minimum absolute atomic E-state index is 0.0179. The van der Waals surface area contributed by atoms with E-state index in [2.05, 4.69) is 36.9 Å². The highest BCUT2D eigenvalue weighted by molar-refractivity contribution is 6.07. The van der Waals surface area contributed by atoms with Crippen LogP contribution in [0.1, 0.15) is 39.2 Å². The second kappa shape index (κ2) is 7.21. The van der Waals surface area contributed by atoms with Crippen molar-refractivity contribution >= 4 is 22.7 Å². The van der Waals surface area contributed by atoms with Crippen LogP contribution in [-0.4, -0.2) is 57.9 Å². The van der Waals surface area contributed by atoms with Crippen molar-refractivity contribution in [1.82, 2.24) is 14.7 Å². The fourth-order valence-corrected chi connectivity index (χ4v) is 4.85. The quantitative estimate of drug-likeness (QED) is 0.758. The molecule has 148 valence electrons. The summed E-state index contributed by atoms with van der Waals surface area (Å²) >= 11 is 0. The number of benzene rings is 2. The van der Waals surface area contributed by atoms with E-state index in [-0.39, 0.29) is 11.9 Å². The molecule has 0 unspecified atom stereocenters. The Bertz CT molecular complexity index is 894. The Labute approximate surface area is 166 Å². The molecule has 2 aliphatic heterocycles. The van der Waals surface area contributed by atoms with Gasteiger partial charge in [0.05, 0.1) is 6.54 Å². The monoisotopic (exact) mass is 379 g/mol. The molecule has 0 aliphatic carbocycles. The van der Waals surface area contributed by atoms with Gasteiger partial charge in [-0.15, -0.1) is 0 Å². The number of carbonyl (C=O) groups excluding carboxylic acids is 2. The van der Waals surface area contributed by atoms with Crippen molar-refractivity contribution in [2.75, 3.05) is 19.6 Å². The van der Waals surface area contributed by atoms with Gasteiger partial charge >= 0.3 is 6.03 Å². The van der Waals surface area contributed by atoms with E-state index >= 15 is 0 Å². The maximum Gasteiger partial charge on any atom is 0.327 e. The number of fused-ring (bicyclic) bond motifs is 1. The van der Waals surface area contributed by atoms with Crippen LogP contribution in [0.25, 0.3) is 10.8 Å². The molecule has 2 aliphatic rings. The van der Waals surface area contributed by atoms with E-state index in [9.17, 15) is 9.59 Å². The summed E-state index contributed by atoms with van der Waals surface area (Å²) in [5.74, 6) is -0.0179. The number of imide groups is 1. The molecule has 0 N–H and O–H groups in total. The first-order valence-corrected chi connectivity index (χ1v) is 10.3. The van der Waals surface area contributed by atoms with Crippen molar-refractivity contribution in [1.29, 1.82) is 0 Å². The number of hydrogen-bond acceptors (Lipinski definition) is 3. The molecule has 0 saturated carbocycles. The van der Waals surface area contributed by atoms with Crippen molar-refractivity contribution in [3.05, 3.63) is 48.0 Å². The lowest BCUT2D eigenvalue weighted by Gasteiger charge is -2.43. The molecule has 4 rings (SSSR count). The van der Waals surface area contributed by atoms with Crippen molar-refractivity contribution in [2.24, 2.45) is 0 Å². The predicted molar refractivity (Wildman–Crippen MR) is 111 cm³/mol. The molecule has 5 nitrogen and oxygen atoms in total. The Balaban J connectivity index is 1.64. The highest BCUT2D eigenvalue weighted by Gasteiger charge is 2.57. The summed E-state index contributed by atoms with van der Waals surface area (Å²) in [7, 11) is 0. The second-order valence-electron chi connectivity index (χ2n) is 8.22. The Hall–Kier alpha value is -2.40. The lowest BCUT2D eigenvalue weighted by Crippen LogP contribution is -2.57. The molecular weight excluding hydrogens is 350 g/mol. The summed E-state index contributed by atoms with van der Waals surface area (Å²) in [6, 6.07) is 14.5. The second-order valence-corrected chi connectivity index (χ2v) is 8.22. The molecule has 2 saturated heterocycles. The van der Waals surface area contributed by atoms with E-state index in [0.29, 0.717) is 19.1 Å². The van der Waals surface area contributed by atoms with Crippen LogP contribution in [0.4, 0.5) is 4.79 Å². The smallest absolute Gasteiger partial charge is 0.310 e. The number of carbonyl (C=O) groups is 2. The number of rotatable bonds is 4. The standard InChI is InChI=1S/C23H29N3O2/c1-4-26-22(28)25(16-19-10-7-9-18-8-5-6-11-20(18)19)21(27)23(26)12-14-24(15-13-23)17(2)3/h5-11,17H,4,12-16H2,1-3H3. The molecule has 0 radical (unpaired) electrons. The van der Waals surface area contributed by atoms with Gasteiger partial charge in [0.2, 0.25) is 0 Å². The van der Waals surface area contributed by atoms with E-state index in [1.165, 1.54) is 4.90 Å². The first-order valence-electron chi connectivity index (χ1n) is 10.3. The van der Waals surface area contributed by atoms with Crippen LogP contribution in [0.3, 0.4) is 0 Å². The summed E-state index contributed by atoms with van der Waals surface area (Å²) in [6.07, 6.45) is 1.44. The van der Waals surface area contributed by atoms with Crippen molar-refractivity contribution in [2.45, 2.75) is 51.7 Å². The number of piperidine rings is 1. The predicted octanol–water partition coefficient (Wildman–Crippen LogP) is 3.87. The van der Waals surface area contributed by atoms with Crippen LogP contribution in [-0.2, 0) is 11.3 Å². The number of urea groups is 1. The van der Waals surface area contributed by atoms with Gasteiger partial charge in [-0.05, 0) is 49.9 Å². The van der Waals surface area contributed by atoms with Crippen LogP contribution in [0, 0.1) is 0 Å². The van der Waals surface area contributed by atoms with E-state index in [0.717, 1.165) is 42.3 Å². The van der Waals surface area contributed by atoms with Gasteiger partial charge in [0.25, 0.3) is 5.91 Å². The minimum Gasteiger partial charge on any atom is -0.310 e. The van der Waals surface area contributed by atoms with Crippen molar-refractivity contribution in [3.63, 3.8) is 0 Å². The number of hydrogen-bond donors (Lipinski definition) is 0. The van der Waals surface area contributed by atoms with E-state index in [1.807, 2.05) is 36.1 Å². The summed E-state index contributed by atoms with van der Waals surface area (Å²) < 4.78 is 0. The highest BCUT2D eigenvalue weighted by Crippen LogP contribution is 2.38. The fourth-order valence-electron chi connectivity index (χ4n) is 4.85. The van der Waals surface area contributed by atoms with Gasteiger partial charge in [-0.3, -0.25) is 9.69 Å². The van der Waals surface area contributed by atoms with Gasteiger partial charge in [0.15, 0.2) is 0 Å². The summed E-state index contributed by atoms with van der Waals surface area (Å²) in [4.78, 5) is 32.4. The molecule has 28 heavy (non-hydrogen) atoms. The molecule has 2 heterocycles. The van der Waals surface area contributed by atoms with Crippen LogP contribution in [0.15, 0.2) is 42.5 Å². The zero-order chi connectivity index (χ0) is 19.9. The zero-order valence-corrected chi connectivity index (χ0v) is 17.0. The molecule has 0 aromatic heterocycles. The summed E-state index contributed by atoms with van der Waals surface area (Å²) in [5, 5.41) is 2.23. The average molecular weight is 380 g/mol. The maximum absolute atomic E-state index is 13.5. The number of amides is 3. The Morgan fingerprint density at radius 1 is 1.00 bits per heavy atom. The normalized spacial score (nSPS) is 20.1. The fraction of sp³-hybridized carbons (Fsp3) is 0.478. The molecule has 2 aromatic carbocycles. The summed E-state index contributed by atoms with van der Waals surface area (Å²) in [5.41, 5.74) is 0.356. The minimum atomic E-state index is -0.665. The first kappa shape index (κ1) is 18.9. The summed E-state index contributed by atoms with van der Waals surface area (Å²) in [6.45, 7) is 8.96. The van der Waals surface area contributed by atoms with Gasteiger partial charge in [0, 0.05) is 25.7 Å². The Morgan fingerprint density at radius 2 is 1.68 bits per heavy atom. The van der Waals surface area contributed by atoms with Crippen molar-refractivity contribution in [3.8, 4) is 0 Å². The maximum atomic E-state index is 13.5. The molecular formula is C23H29N3O2. The molecule has 2 fully saturated rings. The number of nitrogens with zero attached hydrogens (tertiary/aromatic N) is 3. The molecule has 1 spiro atoms. The third kappa shape index (κ3) is 2.89. The SMILES string of the molecule is CCN1C(=O)N(Cc2cccc3ccccc23)C(=O)C12CCN(C(C)C)CC2. The first-order chi connectivity index (χ1) is 13.5. The van der Waals surface area contributed by atoms with Gasteiger partial charge < -0.3 is 9.80 Å². The largest absolute Gasteiger partial charge is 0.327 e. The van der Waals surface area contributed by atoms with E-state index in [1.54, 1.807) is 0 Å². The Kier molecular flexibility index (Phi) is 4.88. The lowest BCUT2D eigenvalue weighted by molar-refractivity contribution is -0.136. The van der Waals surface area contributed by atoms with Crippen molar-refractivity contribution < 1.29 is 9.59 Å². The molecule has 0 bridgehead atoms. The highest BCUT2D eigenvalue weighted by atomic mass is 16.2. The number of likely N-dealkylation sites (tertiary alicyclic amines) is 1. The third-order valence-electron chi connectivity index (χ3n) is 6.50. The lowest BCUT2D eigenvalue weighted by atomic mass is 9.85. The molecule has 3 amide bonds. The Morgan fingerprint density at radius 3 is 2.36 bits per heavy atom. The van der Waals surface area contributed by atoms with Gasteiger partial charge in [-0.25, -0.2) is 4.79 Å². The van der Waals surface area contributed by atoms with Crippen LogP contribution >= 0.6 is 0 Å². The average Bonchev–Trinajstić information content (AvgIpc) is 2.89. The molecule has 0 atom stereocenters. The number of likely N-dealkylation sites (N-methyl/N-ethyl adjacent to an activating group) is 1. The van der Waals surface area contributed by atoms with Crippen LogP contribution < -0.4 is 0 Å². The molecule has 2 aromatic rings. The zero-order valence-electron chi connectivity index (χ0n) is 17.0. The van der Waals surface area contributed by atoms with Crippen LogP contribution in [0.2, 0.25) is 0 Å². The van der Waals surface area contributed by atoms with E-state index < -0.39 is 5.54 Å². The topological polar surface area (TPSA) is 43.9 Å². The molecule has 5 heteroatoms. The van der Waals surface area contributed by atoms with E-state index in [4.69, 9.17) is 0 Å². The van der Waals surface area contributed by atoms with Crippen LogP contribution in [0.5, 0.6) is 0 Å². The van der Waals surface area contributed by atoms with Gasteiger partial charge in [0.1, 0.15) is 5.54 Å². The third-order valence-corrected chi connectivity index (χ3v) is 6.50. The van der Waals surface area contributed by atoms with Gasteiger partial charge in [-0.2, -0.15) is 0 Å². The van der Waals surface area contributed by atoms with Gasteiger partial charge in [-0.1, -0.05) is 42.5 Å².